The molecule has 1 unspecified atom stereocenters. The minimum Gasteiger partial charge on any atom is -0.465 e. The fraction of sp³-hybridized carbons (Fsp3) is 0.353. The Hall–Kier alpha value is -3.70. The van der Waals surface area contributed by atoms with Gasteiger partial charge < -0.3 is 9.26 Å². The summed E-state index contributed by atoms with van der Waals surface area (Å²) in [4.78, 5) is 14.9. The van der Waals surface area contributed by atoms with Gasteiger partial charge in [0.15, 0.2) is 5.76 Å². The molecule has 1 aliphatic carbocycles. The van der Waals surface area contributed by atoms with Crippen molar-refractivity contribution in [2.45, 2.75) is 58.4 Å². The molecule has 3 aromatic carbocycles. The number of carbonyl (C=O) groups is 1. The van der Waals surface area contributed by atoms with E-state index in [-0.39, 0.29) is 5.97 Å². The van der Waals surface area contributed by atoms with Crippen LogP contribution in [-0.4, -0.2) is 35.7 Å². The number of ether oxygens (including phenoxy) is 1. The highest BCUT2D eigenvalue weighted by atomic mass is 16.5. The topological polar surface area (TPSA) is 55.6 Å². The number of hydrogen-bond donors (Lipinski definition) is 0. The summed E-state index contributed by atoms with van der Waals surface area (Å²) >= 11 is 0. The molecule has 1 saturated carbocycles. The number of nitrogens with zero attached hydrogens (tertiary/aromatic N) is 2. The average molecular weight is 523 g/mol. The van der Waals surface area contributed by atoms with Crippen LogP contribution >= 0.6 is 0 Å². The Morgan fingerprint density at radius 2 is 1.56 bits per heavy atom. The summed E-state index contributed by atoms with van der Waals surface area (Å²) in [6.45, 7) is 11.5. The van der Waals surface area contributed by atoms with Gasteiger partial charge in [0.25, 0.3) is 0 Å². The molecule has 4 aromatic rings. The maximum absolute atomic E-state index is 12.4. The van der Waals surface area contributed by atoms with E-state index in [1.54, 1.807) is 0 Å². The standard InChI is InChI=1S/C34H38N2O3/c1-5-36(22-24(3)26-10-8-7-9-11-26)23-31-25(4)35-39-32(31)29-14-12-27(13-15-29)28-16-18-30(19-17-28)34(20-21-34)33(37)38-6-2/h7-19,24H,5-6,20-23H2,1-4H3. The van der Waals surface area contributed by atoms with Crippen LogP contribution < -0.4 is 0 Å². The van der Waals surface area contributed by atoms with E-state index < -0.39 is 5.41 Å². The molecule has 1 heterocycles. The third-order valence-electron chi connectivity index (χ3n) is 8.05. The number of hydrogen-bond acceptors (Lipinski definition) is 5. The number of carbonyl (C=O) groups excluding carboxylic acids is 1. The quantitative estimate of drug-likeness (QED) is 0.191. The van der Waals surface area contributed by atoms with E-state index in [1.165, 1.54) is 5.56 Å². The van der Waals surface area contributed by atoms with Crippen molar-refractivity contribution in [3.05, 3.63) is 101 Å². The van der Waals surface area contributed by atoms with Crippen LogP contribution in [0.3, 0.4) is 0 Å². The molecular formula is C34H38N2O3. The van der Waals surface area contributed by atoms with Gasteiger partial charge in [0.05, 0.1) is 17.7 Å². The second kappa shape index (κ2) is 11.6. The van der Waals surface area contributed by atoms with E-state index in [1.807, 2.05) is 13.8 Å². The van der Waals surface area contributed by atoms with E-state index in [0.29, 0.717) is 12.5 Å². The minimum absolute atomic E-state index is 0.101. The highest BCUT2D eigenvalue weighted by Crippen LogP contribution is 2.49. The normalized spacial score (nSPS) is 14.8. The molecule has 0 N–H and O–H groups in total. The zero-order valence-corrected chi connectivity index (χ0v) is 23.4. The molecule has 0 aliphatic heterocycles. The second-order valence-electron chi connectivity index (χ2n) is 10.7. The first kappa shape index (κ1) is 26.9. The molecule has 0 radical (unpaired) electrons. The number of benzene rings is 3. The number of likely N-dealkylation sites (N-methyl/N-ethyl adjacent to an activating group) is 1. The predicted molar refractivity (Wildman–Crippen MR) is 155 cm³/mol. The van der Waals surface area contributed by atoms with Crippen molar-refractivity contribution < 1.29 is 14.1 Å². The molecule has 0 bridgehead atoms. The lowest BCUT2D eigenvalue weighted by Crippen LogP contribution is -2.27. The molecular weight excluding hydrogens is 484 g/mol. The largest absolute Gasteiger partial charge is 0.465 e. The minimum atomic E-state index is -0.440. The van der Waals surface area contributed by atoms with Gasteiger partial charge in [-0.3, -0.25) is 9.69 Å². The Morgan fingerprint density at radius 3 is 2.15 bits per heavy atom. The van der Waals surface area contributed by atoms with Crippen LogP contribution in [0.15, 0.2) is 83.4 Å². The SMILES string of the molecule is CCOC(=O)C1(c2ccc(-c3ccc(-c4onc(C)c4CN(CC)CC(C)c4ccccc4)cc3)cc2)CC1. The second-order valence-corrected chi connectivity index (χ2v) is 10.7. The summed E-state index contributed by atoms with van der Waals surface area (Å²) in [6.07, 6.45) is 1.72. The molecule has 0 spiro atoms. The van der Waals surface area contributed by atoms with E-state index in [0.717, 1.165) is 71.7 Å². The van der Waals surface area contributed by atoms with E-state index in [9.17, 15) is 4.79 Å². The maximum Gasteiger partial charge on any atom is 0.316 e. The smallest absolute Gasteiger partial charge is 0.316 e. The predicted octanol–water partition coefficient (Wildman–Crippen LogP) is 7.54. The molecule has 5 nitrogen and oxygen atoms in total. The zero-order chi connectivity index (χ0) is 27.4. The molecule has 5 rings (SSSR count). The van der Waals surface area contributed by atoms with Crippen LogP contribution in [0.25, 0.3) is 22.5 Å². The molecule has 5 heteroatoms. The van der Waals surface area contributed by atoms with Gasteiger partial charge >= 0.3 is 5.97 Å². The Bertz CT molecular complexity index is 1390. The van der Waals surface area contributed by atoms with Crippen LogP contribution in [0.4, 0.5) is 0 Å². The fourth-order valence-electron chi connectivity index (χ4n) is 5.41. The van der Waals surface area contributed by atoms with Crippen molar-refractivity contribution >= 4 is 5.97 Å². The molecule has 0 amide bonds. The van der Waals surface area contributed by atoms with Crippen LogP contribution in [0.5, 0.6) is 0 Å². The summed E-state index contributed by atoms with van der Waals surface area (Å²) in [5.41, 5.74) is 7.30. The maximum atomic E-state index is 12.4. The Balaban J connectivity index is 1.30. The lowest BCUT2D eigenvalue weighted by atomic mass is 9.93. The molecule has 1 fully saturated rings. The van der Waals surface area contributed by atoms with Crippen molar-refractivity contribution in [1.82, 2.24) is 10.1 Å². The van der Waals surface area contributed by atoms with Gasteiger partial charge in [-0.25, -0.2) is 0 Å². The number of aromatic nitrogens is 1. The van der Waals surface area contributed by atoms with Gasteiger partial charge in [-0.2, -0.15) is 0 Å². The lowest BCUT2D eigenvalue weighted by Gasteiger charge is -2.24. The van der Waals surface area contributed by atoms with Gasteiger partial charge in [0.2, 0.25) is 0 Å². The van der Waals surface area contributed by atoms with Crippen molar-refractivity contribution in [2.24, 2.45) is 0 Å². The van der Waals surface area contributed by atoms with Crippen molar-refractivity contribution in [2.75, 3.05) is 19.7 Å². The van der Waals surface area contributed by atoms with Crippen LogP contribution in [-0.2, 0) is 21.5 Å². The molecule has 1 aromatic heterocycles. The van der Waals surface area contributed by atoms with Gasteiger partial charge in [-0.05, 0) is 61.4 Å². The van der Waals surface area contributed by atoms with Crippen molar-refractivity contribution in [3.8, 4) is 22.5 Å². The first-order chi connectivity index (χ1) is 18.9. The summed E-state index contributed by atoms with van der Waals surface area (Å²) in [5, 5.41) is 4.32. The van der Waals surface area contributed by atoms with Gasteiger partial charge in [0.1, 0.15) is 0 Å². The van der Waals surface area contributed by atoms with Crippen LogP contribution in [0, 0.1) is 6.92 Å². The van der Waals surface area contributed by atoms with Crippen molar-refractivity contribution in [1.29, 1.82) is 0 Å². The first-order valence-corrected chi connectivity index (χ1v) is 14.1. The summed E-state index contributed by atoms with van der Waals surface area (Å²) < 4.78 is 11.2. The number of aryl methyl sites for hydroxylation is 1. The number of rotatable bonds is 11. The first-order valence-electron chi connectivity index (χ1n) is 14.1. The molecule has 39 heavy (non-hydrogen) atoms. The third-order valence-corrected chi connectivity index (χ3v) is 8.05. The number of esters is 1. The van der Waals surface area contributed by atoms with Crippen LogP contribution in [0.2, 0.25) is 0 Å². The fourth-order valence-corrected chi connectivity index (χ4v) is 5.41. The molecule has 0 saturated heterocycles. The van der Waals surface area contributed by atoms with E-state index in [4.69, 9.17) is 9.26 Å². The Morgan fingerprint density at radius 1 is 0.949 bits per heavy atom. The summed E-state index contributed by atoms with van der Waals surface area (Å²) in [5.74, 6) is 1.18. The third kappa shape index (κ3) is 5.69. The Labute approximate surface area is 231 Å². The Kier molecular flexibility index (Phi) is 7.99. The monoisotopic (exact) mass is 522 g/mol. The molecule has 1 aliphatic rings. The zero-order valence-electron chi connectivity index (χ0n) is 23.4. The van der Waals surface area contributed by atoms with Gasteiger partial charge in [-0.15, -0.1) is 0 Å². The molecule has 1 atom stereocenters. The van der Waals surface area contributed by atoms with E-state index in [2.05, 4.69) is 103 Å². The van der Waals surface area contributed by atoms with Gasteiger partial charge in [0, 0.05) is 24.2 Å². The average Bonchev–Trinajstić information content (AvgIpc) is 3.72. The van der Waals surface area contributed by atoms with E-state index >= 15 is 0 Å². The highest BCUT2D eigenvalue weighted by Gasteiger charge is 2.52. The molecule has 202 valence electrons. The lowest BCUT2D eigenvalue weighted by molar-refractivity contribution is -0.146. The van der Waals surface area contributed by atoms with Gasteiger partial charge in [-0.1, -0.05) is 97.9 Å². The van der Waals surface area contributed by atoms with Crippen LogP contribution in [0.1, 0.15) is 61.9 Å². The highest BCUT2D eigenvalue weighted by molar-refractivity contribution is 5.87. The summed E-state index contributed by atoms with van der Waals surface area (Å²) in [7, 11) is 0. The summed E-state index contributed by atoms with van der Waals surface area (Å²) in [6, 6.07) is 27.5. The van der Waals surface area contributed by atoms with Crippen molar-refractivity contribution in [3.63, 3.8) is 0 Å².